The lowest BCUT2D eigenvalue weighted by Crippen LogP contribution is -2.20. The van der Waals surface area contributed by atoms with Crippen LogP contribution < -0.4 is 4.74 Å². The summed E-state index contributed by atoms with van der Waals surface area (Å²) in [6.45, 7) is 3.26. The van der Waals surface area contributed by atoms with E-state index in [1.54, 1.807) is 6.20 Å². The highest BCUT2D eigenvalue weighted by atomic mass is 79.9. The molecule has 0 unspecified atom stereocenters. The van der Waals surface area contributed by atoms with Crippen LogP contribution in [-0.4, -0.2) is 41.2 Å². The van der Waals surface area contributed by atoms with Gasteiger partial charge in [-0.1, -0.05) is 0 Å². The first-order valence-electron chi connectivity index (χ1n) is 6.39. The minimum atomic E-state index is 0. The molecule has 0 amide bonds. The maximum atomic E-state index is 5.63. The van der Waals surface area contributed by atoms with Gasteiger partial charge < -0.3 is 4.74 Å². The molecule has 1 aromatic heterocycles. The van der Waals surface area contributed by atoms with Crippen molar-refractivity contribution in [1.29, 1.82) is 0 Å². The fourth-order valence-electron chi connectivity index (χ4n) is 1.89. The third-order valence-electron chi connectivity index (χ3n) is 2.91. The third kappa shape index (κ3) is 6.34. The highest BCUT2D eigenvalue weighted by Crippen LogP contribution is 2.21. The second kappa shape index (κ2) is 9.86. The number of hydrogen-bond donors (Lipinski definition) is 0. The average Bonchev–Trinajstić information content (AvgIpc) is 2.89. The van der Waals surface area contributed by atoms with Crippen molar-refractivity contribution in [2.45, 2.75) is 19.3 Å². The highest BCUT2D eigenvalue weighted by Gasteiger charge is 2.10. The molecule has 0 aliphatic carbocycles. The summed E-state index contributed by atoms with van der Waals surface area (Å²) >= 11 is 5.46. The lowest BCUT2D eigenvalue weighted by atomic mass is 10.2. The summed E-state index contributed by atoms with van der Waals surface area (Å²) < 4.78 is 6.56. The first-order valence-corrected chi connectivity index (χ1v) is 8.34. The van der Waals surface area contributed by atoms with Gasteiger partial charge in [-0.3, -0.25) is 4.90 Å². The van der Waals surface area contributed by atoms with Gasteiger partial charge in [0.15, 0.2) is 0 Å². The number of thioether (sulfide) groups is 1. The zero-order valence-electron chi connectivity index (χ0n) is 10.9. The molecular formula is C13H20BrClN2OS. The summed E-state index contributed by atoms with van der Waals surface area (Å²) in [5.74, 6) is 3.22. The lowest BCUT2D eigenvalue weighted by Gasteiger charge is -2.13. The molecule has 0 saturated carbocycles. The largest absolute Gasteiger partial charge is 0.477 e. The van der Waals surface area contributed by atoms with Gasteiger partial charge in [-0.2, -0.15) is 0 Å². The first kappa shape index (κ1) is 17.1. The van der Waals surface area contributed by atoms with Crippen molar-refractivity contribution in [3.63, 3.8) is 0 Å². The van der Waals surface area contributed by atoms with Gasteiger partial charge in [0.2, 0.25) is 5.88 Å². The zero-order chi connectivity index (χ0) is 12.6. The Kier molecular flexibility index (Phi) is 8.86. The Morgan fingerprint density at radius 2 is 2.26 bits per heavy atom. The molecule has 0 aromatic carbocycles. The average molecular weight is 368 g/mol. The van der Waals surface area contributed by atoms with Crippen molar-refractivity contribution < 1.29 is 4.74 Å². The molecule has 0 spiro atoms. The van der Waals surface area contributed by atoms with Crippen molar-refractivity contribution in [3.8, 4) is 5.88 Å². The first-order chi connectivity index (χ1) is 8.86. The minimum absolute atomic E-state index is 0. The van der Waals surface area contributed by atoms with Crippen LogP contribution in [0.5, 0.6) is 5.88 Å². The Hall–Kier alpha value is 0.0300. The predicted octanol–water partition coefficient (Wildman–Crippen LogP) is 3.82. The third-order valence-corrected chi connectivity index (χ3v) is 4.53. The monoisotopic (exact) mass is 366 g/mol. The Labute approximate surface area is 134 Å². The van der Waals surface area contributed by atoms with Gasteiger partial charge in [0.05, 0.1) is 11.1 Å². The number of aromatic nitrogens is 1. The van der Waals surface area contributed by atoms with E-state index in [1.807, 2.05) is 23.9 Å². The second-order valence-corrected chi connectivity index (χ2v) is 6.28. The quantitative estimate of drug-likeness (QED) is 0.684. The molecule has 0 radical (unpaired) electrons. The number of ether oxygens (including phenoxy) is 1. The number of halogens is 2. The molecule has 108 valence electrons. The standard InChI is InChI=1S/C13H19BrN2OS.ClH/c14-12-5-4-6-15-13(12)17-9-3-1-2-7-16-8-10-18-11-16;/h4-6H,1-3,7-11H2;1H. The molecule has 1 aromatic rings. The Balaban J connectivity index is 0.00000180. The summed E-state index contributed by atoms with van der Waals surface area (Å²) in [6, 6.07) is 3.85. The summed E-state index contributed by atoms with van der Waals surface area (Å²) in [6.07, 6.45) is 5.36. The zero-order valence-corrected chi connectivity index (χ0v) is 14.1. The van der Waals surface area contributed by atoms with Gasteiger partial charge in [-0.15, -0.1) is 24.2 Å². The Morgan fingerprint density at radius 1 is 1.37 bits per heavy atom. The summed E-state index contributed by atoms with van der Waals surface area (Å²) in [5, 5.41) is 0. The summed E-state index contributed by atoms with van der Waals surface area (Å²) in [4.78, 5) is 6.71. The topological polar surface area (TPSA) is 25.4 Å². The smallest absolute Gasteiger partial charge is 0.227 e. The molecule has 0 N–H and O–H groups in total. The molecule has 3 nitrogen and oxygen atoms in total. The van der Waals surface area contributed by atoms with E-state index in [4.69, 9.17) is 4.74 Å². The molecule has 1 fully saturated rings. The van der Waals surface area contributed by atoms with Crippen molar-refractivity contribution >= 4 is 40.1 Å². The maximum absolute atomic E-state index is 5.63. The molecule has 1 aliphatic heterocycles. The van der Waals surface area contributed by atoms with E-state index < -0.39 is 0 Å². The van der Waals surface area contributed by atoms with Crippen LogP contribution in [-0.2, 0) is 0 Å². The molecule has 1 aliphatic rings. The molecule has 1 saturated heterocycles. The van der Waals surface area contributed by atoms with Crippen LogP contribution in [0.1, 0.15) is 19.3 Å². The van der Waals surface area contributed by atoms with E-state index in [-0.39, 0.29) is 12.4 Å². The molecule has 6 heteroatoms. The summed E-state index contributed by atoms with van der Waals surface area (Å²) in [7, 11) is 0. The van der Waals surface area contributed by atoms with Gasteiger partial charge in [-0.05, 0) is 53.9 Å². The van der Waals surface area contributed by atoms with Crippen LogP contribution in [0.4, 0.5) is 0 Å². The van der Waals surface area contributed by atoms with Crippen molar-refractivity contribution in [2.75, 3.05) is 31.3 Å². The molecule has 2 heterocycles. The van der Waals surface area contributed by atoms with Gasteiger partial charge in [0.1, 0.15) is 0 Å². The van der Waals surface area contributed by atoms with Gasteiger partial charge >= 0.3 is 0 Å². The van der Waals surface area contributed by atoms with Crippen LogP contribution in [0.25, 0.3) is 0 Å². The van der Waals surface area contributed by atoms with Crippen molar-refractivity contribution in [3.05, 3.63) is 22.8 Å². The maximum Gasteiger partial charge on any atom is 0.227 e. The van der Waals surface area contributed by atoms with Crippen molar-refractivity contribution in [2.24, 2.45) is 0 Å². The Bertz CT molecular complexity index is 364. The van der Waals surface area contributed by atoms with E-state index in [0.717, 1.165) is 17.5 Å². The van der Waals surface area contributed by atoms with E-state index in [1.165, 1.54) is 37.6 Å². The van der Waals surface area contributed by atoms with Crippen LogP contribution >= 0.6 is 40.1 Å². The number of hydrogen-bond acceptors (Lipinski definition) is 4. The molecular weight excluding hydrogens is 348 g/mol. The molecule has 19 heavy (non-hydrogen) atoms. The van der Waals surface area contributed by atoms with Gasteiger partial charge in [0.25, 0.3) is 0 Å². The normalized spacial score (nSPS) is 15.2. The fourth-order valence-corrected chi connectivity index (χ4v) is 3.29. The SMILES string of the molecule is Brc1cccnc1OCCCCCN1CCSC1.Cl. The van der Waals surface area contributed by atoms with Gasteiger partial charge in [-0.25, -0.2) is 4.98 Å². The molecule has 2 rings (SSSR count). The number of rotatable bonds is 7. The van der Waals surface area contributed by atoms with Crippen molar-refractivity contribution in [1.82, 2.24) is 9.88 Å². The Morgan fingerprint density at radius 3 is 3.00 bits per heavy atom. The minimum Gasteiger partial charge on any atom is -0.477 e. The number of unbranched alkanes of at least 4 members (excludes halogenated alkanes) is 2. The fraction of sp³-hybridized carbons (Fsp3) is 0.615. The van der Waals surface area contributed by atoms with Gasteiger partial charge in [0, 0.05) is 24.4 Å². The number of nitrogens with zero attached hydrogens (tertiary/aromatic N) is 2. The lowest BCUT2D eigenvalue weighted by molar-refractivity contribution is 0.283. The highest BCUT2D eigenvalue weighted by molar-refractivity contribution is 9.10. The second-order valence-electron chi connectivity index (χ2n) is 4.35. The van der Waals surface area contributed by atoms with Crippen LogP contribution in [0.15, 0.2) is 22.8 Å². The molecule has 0 bridgehead atoms. The van der Waals surface area contributed by atoms with E-state index in [0.29, 0.717) is 5.88 Å². The van der Waals surface area contributed by atoms with E-state index in [9.17, 15) is 0 Å². The molecule has 0 atom stereocenters. The predicted molar refractivity (Wildman–Crippen MR) is 87.4 cm³/mol. The van der Waals surface area contributed by atoms with Crippen LogP contribution in [0.2, 0.25) is 0 Å². The number of pyridine rings is 1. The van der Waals surface area contributed by atoms with Crippen LogP contribution in [0, 0.1) is 0 Å². The summed E-state index contributed by atoms with van der Waals surface area (Å²) in [5.41, 5.74) is 0. The van der Waals surface area contributed by atoms with Crippen LogP contribution in [0.3, 0.4) is 0 Å². The van der Waals surface area contributed by atoms with E-state index in [2.05, 4.69) is 25.8 Å². The van der Waals surface area contributed by atoms with E-state index >= 15 is 0 Å².